The lowest BCUT2D eigenvalue weighted by Gasteiger charge is -2.11. The van der Waals surface area contributed by atoms with Crippen LogP contribution in [-0.4, -0.2) is 9.55 Å². The highest BCUT2D eigenvalue weighted by atomic mass is 79.9. The molecule has 2 aromatic rings. The van der Waals surface area contributed by atoms with Gasteiger partial charge in [0.25, 0.3) is 0 Å². The lowest BCUT2D eigenvalue weighted by Crippen LogP contribution is -2.06. The highest BCUT2D eigenvalue weighted by Gasteiger charge is 2.10. The summed E-state index contributed by atoms with van der Waals surface area (Å²) in [6, 6.07) is 5.09. The van der Waals surface area contributed by atoms with Crippen LogP contribution in [0, 0.1) is 5.82 Å². The molecule has 2 rings (SSSR count). The largest absolute Gasteiger partial charge is 0.330 e. The van der Waals surface area contributed by atoms with Gasteiger partial charge >= 0.3 is 0 Å². The molecule has 1 aromatic heterocycles. The van der Waals surface area contributed by atoms with Gasteiger partial charge in [-0.3, -0.25) is 0 Å². The molecular weight excluding hydrogens is 283 g/mol. The molecule has 0 N–H and O–H groups in total. The molecule has 2 nitrogen and oxygen atoms in total. The second kappa shape index (κ2) is 5.00. The molecule has 0 saturated carbocycles. The Balaban J connectivity index is 2.32. The molecular formula is C13H14BrFN2. The number of imidazole rings is 1. The van der Waals surface area contributed by atoms with E-state index in [0.29, 0.717) is 16.9 Å². The standard InChI is InChI=1S/C13H14BrFN2/c1-9(2)13-16-6-7-17(13)8-10-4-3-5-11(15)12(10)14/h3-7,9H,8H2,1-2H3. The van der Waals surface area contributed by atoms with Crippen LogP contribution in [0.2, 0.25) is 0 Å². The molecule has 17 heavy (non-hydrogen) atoms. The fourth-order valence-corrected chi connectivity index (χ4v) is 2.20. The summed E-state index contributed by atoms with van der Waals surface area (Å²) in [5, 5.41) is 0. The van der Waals surface area contributed by atoms with Gasteiger partial charge in [0.2, 0.25) is 0 Å². The minimum Gasteiger partial charge on any atom is -0.330 e. The number of nitrogens with zero attached hydrogens (tertiary/aromatic N) is 2. The van der Waals surface area contributed by atoms with E-state index in [4.69, 9.17) is 0 Å². The van der Waals surface area contributed by atoms with Crippen molar-refractivity contribution in [3.63, 3.8) is 0 Å². The zero-order chi connectivity index (χ0) is 12.4. The molecule has 1 heterocycles. The van der Waals surface area contributed by atoms with Crippen molar-refractivity contribution in [2.75, 3.05) is 0 Å². The number of halogens is 2. The second-order valence-corrected chi connectivity index (χ2v) is 5.07. The first-order chi connectivity index (χ1) is 8.09. The number of aromatic nitrogens is 2. The number of hydrogen-bond acceptors (Lipinski definition) is 1. The molecule has 0 bridgehead atoms. The Morgan fingerprint density at radius 1 is 1.41 bits per heavy atom. The maximum Gasteiger partial charge on any atom is 0.137 e. The van der Waals surface area contributed by atoms with Crippen LogP contribution in [0.1, 0.15) is 31.2 Å². The quantitative estimate of drug-likeness (QED) is 0.838. The summed E-state index contributed by atoms with van der Waals surface area (Å²) in [4.78, 5) is 4.32. The fourth-order valence-electron chi connectivity index (χ4n) is 1.81. The molecule has 0 radical (unpaired) electrons. The molecule has 0 fully saturated rings. The van der Waals surface area contributed by atoms with Crippen LogP contribution in [0.25, 0.3) is 0 Å². The third kappa shape index (κ3) is 2.57. The summed E-state index contributed by atoms with van der Waals surface area (Å²) in [5.41, 5.74) is 0.921. The predicted molar refractivity (Wildman–Crippen MR) is 69.5 cm³/mol. The monoisotopic (exact) mass is 296 g/mol. The predicted octanol–water partition coefficient (Wildman–Crippen LogP) is 3.96. The van der Waals surface area contributed by atoms with E-state index >= 15 is 0 Å². The summed E-state index contributed by atoms with van der Waals surface area (Å²) < 4.78 is 16.0. The highest BCUT2D eigenvalue weighted by Crippen LogP contribution is 2.22. The van der Waals surface area contributed by atoms with Crippen molar-refractivity contribution in [2.24, 2.45) is 0 Å². The Hall–Kier alpha value is -1.16. The Kier molecular flexibility index (Phi) is 3.62. The minimum atomic E-state index is -0.228. The van der Waals surface area contributed by atoms with Crippen molar-refractivity contribution in [1.29, 1.82) is 0 Å². The zero-order valence-electron chi connectivity index (χ0n) is 9.82. The van der Waals surface area contributed by atoms with Crippen molar-refractivity contribution in [3.05, 3.63) is 52.3 Å². The maximum atomic E-state index is 13.4. The van der Waals surface area contributed by atoms with E-state index in [1.807, 2.05) is 16.8 Å². The van der Waals surface area contributed by atoms with Crippen molar-refractivity contribution >= 4 is 15.9 Å². The van der Waals surface area contributed by atoms with E-state index in [0.717, 1.165) is 11.4 Å². The van der Waals surface area contributed by atoms with Crippen molar-refractivity contribution in [1.82, 2.24) is 9.55 Å². The molecule has 4 heteroatoms. The normalized spacial score (nSPS) is 11.1. The van der Waals surface area contributed by atoms with Crippen LogP contribution in [0.5, 0.6) is 0 Å². The van der Waals surface area contributed by atoms with Crippen molar-refractivity contribution in [2.45, 2.75) is 26.3 Å². The van der Waals surface area contributed by atoms with Gasteiger partial charge < -0.3 is 4.57 Å². The molecule has 0 aliphatic carbocycles. The third-order valence-electron chi connectivity index (χ3n) is 2.64. The topological polar surface area (TPSA) is 17.8 Å². The number of hydrogen-bond donors (Lipinski definition) is 0. The Bertz CT molecular complexity index is 520. The van der Waals surface area contributed by atoms with Gasteiger partial charge in [0.15, 0.2) is 0 Å². The van der Waals surface area contributed by atoms with Crippen molar-refractivity contribution in [3.8, 4) is 0 Å². The lowest BCUT2D eigenvalue weighted by atomic mass is 10.2. The Morgan fingerprint density at radius 3 is 2.88 bits per heavy atom. The van der Waals surface area contributed by atoms with Gasteiger partial charge in [-0.2, -0.15) is 0 Å². The van der Waals surface area contributed by atoms with Crippen LogP contribution < -0.4 is 0 Å². The van der Waals surface area contributed by atoms with Gasteiger partial charge in [-0.15, -0.1) is 0 Å². The first kappa shape index (κ1) is 12.3. The molecule has 0 aliphatic heterocycles. The van der Waals surface area contributed by atoms with E-state index in [1.165, 1.54) is 6.07 Å². The van der Waals surface area contributed by atoms with Gasteiger partial charge in [0.1, 0.15) is 11.6 Å². The average Bonchev–Trinajstić information content (AvgIpc) is 2.73. The molecule has 0 atom stereocenters. The zero-order valence-corrected chi connectivity index (χ0v) is 11.4. The molecule has 0 aliphatic rings. The van der Waals surface area contributed by atoms with Gasteiger partial charge in [-0.25, -0.2) is 9.37 Å². The first-order valence-corrected chi connectivity index (χ1v) is 6.33. The Labute approximate surface area is 109 Å². The van der Waals surface area contributed by atoms with Gasteiger partial charge in [-0.1, -0.05) is 26.0 Å². The third-order valence-corrected chi connectivity index (χ3v) is 3.52. The van der Waals surface area contributed by atoms with E-state index in [1.54, 1.807) is 12.3 Å². The molecule has 0 saturated heterocycles. The lowest BCUT2D eigenvalue weighted by molar-refractivity contribution is 0.612. The van der Waals surface area contributed by atoms with Gasteiger partial charge in [0.05, 0.1) is 4.47 Å². The SMILES string of the molecule is CC(C)c1nccn1Cc1cccc(F)c1Br. The van der Waals surface area contributed by atoms with Crippen LogP contribution in [0.15, 0.2) is 35.1 Å². The molecule has 0 unspecified atom stereocenters. The number of rotatable bonds is 3. The van der Waals surface area contributed by atoms with Crippen LogP contribution in [0.3, 0.4) is 0 Å². The van der Waals surface area contributed by atoms with Crippen LogP contribution in [-0.2, 0) is 6.54 Å². The summed E-state index contributed by atoms with van der Waals surface area (Å²) in [6.45, 7) is 4.82. The molecule has 0 spiro atoms. The number of benzene rings is 1. The van der Waals surface area contributed by atoms with E-state index in [9.17, 15) is 4.39 Å². The van der Waals surface area contributed by atoms with Crippen LogP contribution in [0.4, 0.5) is 4.39 Å². The van der Waals surface area contributed by atoms with Crippen molar-refractivity contribution < 1.29 is 4.39 Å². The summed E-state index contributed by atoms with van der Waals surface area (Å²) in [6.07, 6.45) is 3.70. The molecule has 0 amide bonds. The summed E-state index contributed by atoms with van der Waals surface area (Å²) >= 11 is 3.28. The summed E-state index contributed by atoms with van der Waals surface area (Å²) in [7, 11) is 0. The molecule has 1 aromatic carbocycles. The van der Waals surface area contributed by atoms with Crippen LogP contribution >= 0.6 is 15.9 Å². The van der Waals surface area contributed by atoms with E-state index < -0.39 is 0 Å². The average molecular weight is 297 g/mol. The second-order valence-electron chi connectivity index (χ2n) is 4.28. The molecule has 90 valence electrons. The highest BCUT2D eigenvalue weighted by molar-refractivity contribution is 9.10. The van der Waals surface area contributed by atoms with Gasteiger partial charge in [0, 0.05) is 24.9 Å². The van der Waals surface area contributed by atoms with Gasteiger partial charge in [-0.05, 0) is 27.6 Å². The summed E-state index contributed by atoms with van der Waals surface area (Å²) in [5.74, 6) is 1.15. The smallest absolute Gasteiger partial charge is 0.137 e. The maximum absolute atomic E-state index is 13.4. The van der Waals surface area contributed by atoms with E-state index in [2.05, 4.69) is 34.8 Å². The van der Waals surface area contributed by atoms with E-state index in [-0.39, 0.29) is 5.82 Å². The first-order valence-electron chi connectivity index (χ1n) is 5.53. The fraction of sp³-hybridized carbons (Fsp3) is 0.308. The Morgan fingerprint density at radius 2 is 2.18 bits per heavy atom. The minimum absolute atomic E-state index is 0.228.